The number of rotatable bonds is 3. The van der Waals surface area contributed by atoms with Crippen LogP contribution in [0.1, 0.15) is 6.04 Å². The van der Waals surface area contributed by atoms with E-state index in [9.17, 15) is 4.79 Å². The molecule has 4 rings (SSSR count). The first-order valence-corrected chi connectivity index (χ1v) is 6.93. The molecule has 0 bridgehead atoms. The van der Waals surface area contributed by atoms with E-state index < -0.39 is 0 Å². The first-order valence-electron chi connectivity index (χ1n) is 6.93. The number of hydrogen-bond donors (Lipinski definition) is 1. The van der Waals surface area contributed by atoms with E-state index >= 15 is 0 Å². The van der Waals surface area contributed by atoms with Crippen molar-refractivity contribution in [1.29, 1.82) is 0 Å². The number of carbonyl (C=O) groups is 1. The zero-order valence-corrected chi connectivity index (χ0v) is 11.4. The number of anilines is 2. The van der Waals surface area contributed by atoms with Crippen LogP contribution in [0.15, 0.2) is 30.9 Å². The molecule has 0 spiro atoms. The SMILES string of the molecule is O=C1NCCN1c1cnn(C2CN(c3ncccn3)C2)c1. The second kappa shape index (κ2) is 4.72. The van der Waals surface area contributed by atoms with E-state index in [-0.39, 0.29) is 6.03 Å². The number of aromatic nitrogens is 4. The third kappa shape index (κ3) is 2.08. The summed E-state index contributed by atoms with van der Waals surface area (Å²) in [6, 6.07) is 2.05. The molecule has 2 aromatic rings. The number of carbonyl (C=O) groups excluding carboxylic acids is 1. The Hall–Kier alpha value is -2.64. The van der Waals surface area contributed by atoms with Crippen LogP contribution in [-0.4, -0.2) is 52.0 Å². The molecule has 108 valence electrons. The lowest BCUT2D eigenvalue weighted by molar-refractivity contribution is 0.252. The van der Waals surface area contributed by atoms with Gasteiger partial charge in [0.15, 0.2) is 0 Å². The van der Waals surface area contributed by atoms with Gasteiger partial charge in [0, 0.05) is 44.8 Å². The van der Waals surface area contributed by atoms with Crippen LogP contribution in [0.25, 0.3) is 0 Å². The standard InChI is InChI=1S/C13H15N7O/c21-13-16-4-5-19(13)10-6-17-20(9-10)11-7-18(8-11)12-14-2-1-3-15-12/h1-3,6,9,11H,4-5,7-8H2,(H,16,21). The Morgan fingerprint density at radius 2 is 2.05 bits per heavy atom. The van der Waals surface area contributed by atoms with Crippen LogP contribution in [0.2, 0.25) is 0 Å². The largest absolute Gasteiger partial charge is 0.336 e. The minimum Gasteiger partial charge on any atom is -0.336 e. The molecule has 8 nitrogen and oxygen atoms in total. The average molecular weight is 285 g/mol. The van der Waals surface area contributed by atoms with Crippen molar-refractivity contribution in [3.8, 4) is 0 Å². The van der Waals surface area contributed by atoms with E-state index in [1.54, 1.807) is 23.5 Å². The lowest BCUT2D eigenvalue weighted by Gasteiger charge is -2.39. The number of hydrogen-bond acceptors (Lipinski definition) is 5. The molecule has 2 saturated heterocycles. The Balaban J connectivity index is 1.43. The molecule has 4 heterocycles. The number of nitrogens with zero attached hydrogens (tertiary/aromatic N) is 6. The fourth-order valence-electron chi connectivity index (χ4n) is 2.63. The average Bonchev–Trinajstić information content (AvgIpc) is 3.07. The Morgan fingerprint density at radius 1 is 1.24 bits per heavy atom. The predicted molar refractivity (Wildman–Crippen MR) is 76.3 cm³/mol. The Bertz CT molecular complexity index is 650. The fourth-order valence-corrected chi connectivity index (χ4v) is 2.63. The smallest absolute Gasteiger partial charge is 0.322 e. The first-order chi connectivity index (χ1) is 10.3. The second-order valence-electron chi connectivity index (χ2n) is 5.17. The zero-order chi connectivity index (χ0) is 14.2. The molecule has 0 aliphatic carbocycles. The van der Waals surface area contributed by atoms with Gasteiger partial charge in [0.05, 0.1) is 17.9 Å². The summed E-state index contributed by atoms with van der Waals surface area (Å²) in [6.07, 6.45) is 7.16. The van der Waals surface area contributed by atoms with Crippen molar-refractivity contribution in [2.75, 3.05) is 36.0 Å². The van der Waals surface area contributed by atoms with Gasteiger partial charge in [-0.25, -0.2) is 14.8 Å². The van der Waals surface area contributed by atoms with E-state index in [2.05, 4.69) is 25.3 Å². The molecule has 8 heteroatoms. The maximum atomic E-state index is 11.6. The molecule has 2 aliphatic heterocycles. The summed E-state index contributed by atoms with van der Waals surface area (Å²) < 4.78 is 1.92. The normalized spacial score (nSPS) is 18.8. The van der Waals surface area contributed by atoms with E-state index in [0.717, 1.165) is 24.7 Å². The number of nitrogens with one attached hydrogen (secondary N) is 1. The van der Waals surface area contributed by atoms with Crippen LogP contribution >= 0.6 is 0 Å². The summed E-state index contributed by atoms with van der Waals surface area (Å²) in [5.41, 5.74) is 0.847. The minimum atomic E-state index is -0.0533. The van der Waals surface area contributed by atoms with E-state index in [0.29, 0.717) is 19.1 Å². The summed E-state index contributed by atoms with van der Waals surface area (Å²) in [7, 11) is 0. The van der Waals surface area contributed by atoms with Gasteiger partial charge >= 0.3 is 6.03 Å². The molecule has 0 unspecified atom stereocenters. The summed E-state index contributed by atoms with van der Waals surface area (Å²) in [5, 5.41) is 7.16. The van der Waals surface area contributed by atoms with Gasteiger partial charge in [0.2, 0.25) is 5.95 Å². The topological polar surface area (TPSA) is 79.2 Å². The molecule has 0 saturated carbocycles. The molecule has 2 amide bonds. The number of amides is 2. The molecule has 0 aromatic carbocycles. The highest BCUT2D eigenvalue weighted by molar-refractivity contribution is 5.93. The molecular weight excluding hydrogens is 270 g/mol. The summed E-state index contributed by atoms with van der Waals surface area (Å²) in [4.78, 5) is 23.9. The second-order valence-corrected chi connectivity index (χ2v) is 5.17. The van der Waals surface area contributed by atoms with Crippen LogP contribution in [0.5, 0.6) is 0 Å². The van der Waals surface area contributed by atoms with Crippen molar-refractivity contribution in [2.45, 2.75) is 6.04 Å². The van der Waals surface area contributed by atoms with Gasteiger partial charge in [0.25, 0.3) is 0 Å². The van der Waals surface area contributed by atoms with Gasteiger partial charge in [-0.05, 0) is 6.07 Å². The van der Waals surface area contributed by atoms with Crippen molar-refractivity contribution < 1.29 is 4.79 Å². The van der Waals surface area contributed by atoms with Crippen molar-refractivity contribution in [2.24, 2.45) is 0 Å². The van der Waals surface area contributed by atoms with E-state index in [1.807, 2.05) is 16.9 Å². The summed E-state index contributed by atoms with van der Waals surface area (Å²) >= 11 is 0. The highest BCUT2D eigenvalue weighted by Gasteiger charge is 2.31. The maximum absolute atomic E-state index is 11.6. The first kappa shape index (κ1) is 12.1. The highest BCUT2D eigenvalue weighted by Crippen LogP contribution is 2.26. The fraction of sp³-hybridized carbons (Fsp3) is 0.385. The van der Waals surface area contributed by atoms with Gasteiger partial charge in [-0.2, -0.15) is 5.10 Å². The van der Waals surface area contributed by atoms with E-state index in [1.165, 1.54) is 0 Å². The number of urea groups is 1. The van der Waals surface area contributed by atoms with Gasteiger partial charge in [-0.15, -0.1) is 0 Å². The molecule has 2 aliphatic rings. The lowest BCUT2D eigenvalue weighted by Crippen LogP contribution is -2.48. The Morgan fingerprint density at radius 3 is 2.76 bits per heavy atom. The third-order valence-electron chi connectivity index (χ3n) is 3.83. The van der Waals surface area contributed by atoms with Crippen molar-refractivity contribution in [3.63, 3.8) is 0 Å². The summed E-state index contributed by atoms with van der Waals surface area (Å²) in [6.45, 7) is 3.04. The van der Waals surface area contributed by atoms with Crippen molar-refractivity contribution in [1.82, 2.24) is 25.1 Å². The van der Waals surface area contributed by atoms with Gasteiger partial charge < -0.3 is 10.2 Å². The van der Waals surface area contributed by atoms with Gasteiger partial charge in [-0.3, -0.25) is 9.58 Å². The summed E-state index contributed by atoms with van der Waals surface area (Å²) in [5.74, 6) is 0.750. The van der Waals surface area contributed by atoms with Crippen LogP contribution in [0.4, 0.5) is 16.4 Å². The van der Waals surface area contributed by atoms with Crippen molar-refractivity contribution in [3.05, 3.63) is 30.9 Å². The molecule has 21 heavy (non-hydrogen) atoms. The molecule has 2 aromatic heterocycles. The quantitative estimate of drug-likeness (QED) is 0.875. The van der Waals surface area contributed by atoms with Crippen LogP contribution in [-0.2, 0) is 0 Å². The maximum Gasteiger partial charge on any atom is 0.322 e. The molecular formula is C13H15N7O. The van der Waals surface area contributed by atoms with Crippen molar-refractivity contribution >= 4 is 17.7 Å². The van der Waals surface area contributed by atoms with E-state index in [4.69, 9.17) is 0 Å². The molecule has 0 radical (unpaired) electrons. The van der Waals surface area contributed by atoms with Crippen LogP contribution in [0, 0.1) is 0 Å². The Labute approximate surface area is 121 Å². The van der Waals surface area contributed by atoms with Gasteiger partial charge in [-0.1, -0.05) is 0 Å². The lowest BCUT2D eigenvalue weighted by atomic mass is 10.1. The van der Waals surface area contributed by atoms with Crippen LogP contribution < -0.4 is 15.1 Å². The molecule has 1 N–H and O–H groups in total. The molecule has 2 fully saturated rings. The van der Waals surface area contributed by atoms with Gasteiger partial charge in [0.1, 0.15) is 0 Å². The predicted octanol–water partition coefficient (Wildman–Crippen LogP) is 0.264. The minimum absolute atomic E-state index is 0.0533. The molecule has 0 atom stereocenters. The third-order valence-corrected chi connectivity index (χ3v) is 3.83. The van der Waals surface area contributed by atoms with Crippen LogP contribution in [0.3, 0.4) is 0 Å². The Kier molecular flexibility index (Phi) is 2.73. The monoisotopic (exact) mass is 285 g/mol. The highest BCUT2D eigenvalue weighted by atomic mass is 16.2. The zero-order valence-electron chi connectivity index (χ0n) is 11.4.